The van der Waals surface area contributed by atoms with Crippen LogP contribution in [0, 0.1) is 6.92 Å². The molecule has 108 valence electrons. The Labute approximate surface area is 136 Å². The van der Waals surface area contributed by atoms with Crippen LogP contribution < -0.4 is 5.32 Å². The number of thiophene rings is 1. The highest BCUT2D eigenvalue weighted by Crippen LogP contribution is 2.30. The van der Waals surface area contributed by atoms with Gasteiger partial charge >= 0.3 is 0 Å². The van der Waals surface area contributed by atoms with Gasteiger partial charge in [0.1, 0.15) is 11.9 Å². The lowest BCUT2D eigenvalue weighted by Crippen LogP contribution is -2.16. The molecule has 1 atom stereocenters. The fraction of sp³-hybridized carbons (Fsp3) is 0.188. The molecule has 3 nitrogen and oxygen atoms in total. The predicted molar refractivity (Wildman–Crippen MR) is 91.9 cm³/mol. The maximum atomic E-state index is 4.51. The van der Waals surface area contributed by atoms with Crippen molar-refractivity contribution in [3.63, 3.8) is 0 Å². The molecule has 21 heavy (non-hydrogen) atoms. The van der Waals surface area contributed by atoms with E-state index < -0.39 is 0 Å². The second-order valence-corrected chi connectivity index (χ2v) is 6.84. The van der Waals surface area contributed by atoms with Crippen molar-refractivity contribution >= 4 is 33.0 Å². The second kappa shape index (κ2) is 6.03. The monoisotopic (exact) mass is 361 g/mol. The van der Waals surface area contributed by atoms with Crippen LogP contribution in [0.25, 0.3) is 0 Å². The zero-order chi connectivity index (χ0) is 14.8. The second-order valence-electron chi connectivity index (χ2n) is 4.95. The molecule has 0 saturated heterocycles. The molecule has 0 fully saturated rings. The number of imidazole rings is 1. The highest BCUT2D eigenvalue weighted by atomic mass is 79.9. The number of aryl methyl sites for hydroxylation is 2. The first-order chi connectivity index (χ1) is 10.1. The fourth-order valence-electron chi connectivity index (χ4n) is 2.32. The minimum atomic E-state index is 0.0601. The molecule has 0 saturated carbocycles. The van der Waals surface area contributed by atoms with Gasteiger partial charge in [-0.25, -0.2) is 4.98 Å². The lowest BCUT2D eigenvalue weighted by molar-refractivity contribution is 0.756. The van der Waals surface area contributed by atoms with E-state index in [1.807, 2.05) is 19.4 Å². The Hall–Kier alpha value is -1.59. The smallest absolute Gasteiger partial charge is 0.136 e. The van der Waals surface area contributed by atoms with E-state index in [1.165, 1.54) is 10.4 Å². The number of nitrogens with zero attached hydrogens (tertiary/aromatic N) is 2. The lowest BCUT2D eigenvalue weighted by Gasteiger charge is -2.20. The Morgan fingerprint density at radius 2 is 2.19 bits per heavy atom. The van der Waals surface area contributed by atoms with Gasteiger partial charge in [-0.1, -0.05) is 22.0 Å². The van der Waals surface area contributed by atoms with Crippen molar-refractivity contribution < 1.29 is 0 Å². The van der Waals surface area contributed by atoms with Crippen LogP contribution >= 0.6 is 27.3 Å². The molecule has 1 unspecified atom stereocenters. The molecule has 5 heteroatoms. The Morgan fingerprint density at radius 3 is 2.81 bits per heavy atom. The van der Waals surface area contributed by atoms with Gasteiger partial charge in [-0.2, -0.15) is 0 Å². The molecule has 0 bridgehead atoms. The van der Waals surface area contributed by atoms with Gasteiger partial charge in [-0.3, -0.25) is 0 Å². The van der Waals surface area contributed by atoms with Gasteiger partial charge in [0.2, 0.25) is 0 Å². The molecular formula is C16H16BrN3S. The summed E-state index contributed by atoms with van der Waals surface area (Å²) in [4.78, 5) is 5.77. The summed E-state index contributed by atoms with van der Waals surface area (Å²) in [6.07, 6.45) is 3.82. The minimum absolute atomic E-state index is 0.0601. The quantitative estimate of drug-likeness (QED) is 0.726. The third kappa shape index (κ3) is 3.04. The summed E-state index contributed by atoms with van der Waals surface area (Å²) in [6.45, 7) is 2.11. The third-order valence-corrected chi connectivity index (χ3v) is 4.86. The predicted octanol–water partition coefficient (Wildman–Crippen LogP) is 4.75. The number of nitrogens with one attached hydrogen (secondary N) is 1. The topological polar surface area (TPSA) is 29.9 Å². The van der Waals surface area contributed by atoms with Crippen LogP contribution in [-0.4, -0.2) is 9.55 Å². The van der Waals surface area contributed by atoms with Crippen LogP contribution in [0.2, 0.25) is 0 Å². The number of halogens is 1. The van der Waals surface area contributed by atoms with Crippen molar-refractivity contribution in [2.24, 2.45) is 7.05 Å². The summed E-state index contributed by atoms with van der Waals surface area (Å²) in [6, 6.07) is 10.6. The van der Waals surface area contributed by atoms with Gasteiger partial charge in [0.05, 0.1) is 0 Å². The summed E-state index contributed by atoms with van der Waals surface area (Å²) in [7, 11) is 2.03. The first kappa shape index (κ1) is 14.4. The lowest BCUT2D eigenvalue weighted by atomic mass is 10.1. The summed E-state index contributed by atoms with van der Waals surface area (Å²) in [5.74, 6) is 1.01. The van der Waals surface area contributed by atoms with Crippen molar-refractivity contribution in [3.8, 4) is 0 Å². The SMILES string of the molecule is Cc1cc(Br)ccc1NC(c1cccs1)c1nccn1C. The molecule has 0 aliphatic rings. The fourth-order valence-corrected chi connectivity index (χ4v) is 3.57. The van der Waals surface area contributed by atoms with Crippen LogP contribution in [0.15, 0.2) is 52.6 Å². The van der Waals surface area contributed by atoms with Gasteiger partial charge < -0.3 is 9.88 Å². The molecule has 3 aromatic rings. The Balaban J connectivity index is 1.99. The standard InChI is InChI=1S/C16H16BrN3S/c1-11-10-12(17)5-6-13(11)19-15(14-4-3-9-21-14)16-18-7-8-20(16)2/h3-10,15,19H,1-2H3. The van der Waals surface area contributed by atoms with E-state index in [4.69, 9.17) is 0 Å². The van der Waals surface area contributed by atoms with Gasteiger partial charge in [0.15, 0.2) is 0 Å². The molecule has 0 aliphatic carbocycles. The minimum Gasteiger partial charge on any atom is -0.371 e. The van der Waals surface area contributed by atoms with E-state index in [0.717, 1.165) is 16.0 Å². The van der Waals surface area contributed by atoms with Gasteiger partial charge in [-0.15, -0.1) is 11.3 Å². The number of hydrogen-bond acceptors (Lipinski definition) is 3. The van der Waals surface area contributed by atoms with E-state index in [2.05, 4.69) is 73.4 Å². The van der Waals surface area contributed by atoms with Crippen LogP contribution in [0.4, 0.5) is 5.69 Å². The van der Waals surface area contributed by atoms with Gasteiger partial charge in [0, 0.05) is 34.5 Å². The molecule has 3 rings (SSSR count). The average molecular weight is 362 g/mol. The molecule has 2 heterocycles. The number of rotatable bonds is 4. The maximum absolute atomic E-state index is 4.51. The number of aromatic nitrogens is 2. The summed E-state index contributed by atoms with van der Waals surface area (Å²) in [5.41, 5.74) is 2.33. The van der Waals surface area contributed by atoms with Crippen molar-refractivity contribution in [1.82, 2.24) is 9.55 Å². The molecule has 1 N–H and O–H groups in total. The first-order valence-electron chi connectivity index (χ1n) is 6.68. The summed E-state index contributed by atoms with van der Waals surface area (Å²) >= 11 is 5.25. The summed E-state index contributed by atoms with van der Waals surface area (Å²) < 4.78 is 3.15. The Morgan fingerprint density at radius 1 is 1.33 bits per heavy atom. The zero-order valence-electron chi connectivity index (χ0n) is 11.9. The van der Waals surface area contributed by atoms with E-state index in [1.54, 1.807) is 11.3 Å². The van der Waals surface area contributed by atoms with E-state index in [9.17, 15) is 0 Å². The van der Waals surface area contributed by atoms with Crippen molar-refractivity contribution in [2.75, 3.05) is 5.32 Å². The van der Waals surface area contributed by atoms with Crippen LogP contribution in [-0.2, 0) is 7.05 Å². The third-order valence-electron chi connectivity index (χ3n) is 3.43. The van der Waals surface area contributed by atoms with Gasteiger partial charge in [0.25, 0.3) is 0 Å². The zero-order valence-corrected chi connectivity index (χ0v) is 14.3. The maximum Gasteiger partial charge on any atom is 0.136 e. The van der Waals surface area contributed by atoms with Crippen LogP contribution in [0.3, 0.4) is 0 Å². The van der Waals surface area contributed by atoms with Crippen molar-refractivity contribution in [1.29, 1.82) is 0 Å². The van der Waals surface area contributed by atoms with E-state index in [0.29, 0.717) is 0 Å². The normalized spacial score (nSPS) is 12.3. The number of hydrogen-bond donors (Lipinski definition) is 1. The number of anilines is 1. The molecule has 0 spiro atoms. The first-order valence-corrected chi connectivity index (χ1v) is 8.36. The molecule has 0 aliphatic heterocycles. The van der Waals surface area contributed by atoms with Gasteiger partial charge in [-0.05, 0) is 42.1 Å². The van der Waals surface area contributed by atoms with Crippen LogP contribution in [0.5, 0.6) is 0 Å². The summed E-state index contributed by atoms with van der Waals surface area (Å²) in [5, 5.41) is 5.72. The highest BCUT2D eigenvalue weighted by molar-refractivity contribution is 9.10. The van der Waals surface area contributed by atoms with Crippen molar-refractivity contribution in [2.45, 2.75) is 13.0 Å². The average Bonchev–Trinajstić information content (AvgIpc) is 3.10. The molecular weight excluding hydrogens is 346 g/mol. The largest absolute Gasteiger partial charge is 0.371 e. The number of benzene rings is 1. The Kier molecular flexibility index (Phi) is 4.12. The highest BCUT2D eigenvalue weighted by Gasteiger charge is 2.19. The van der Waals surface area contributed by atoms with Crippen molar-refractivity contribution in [3.05, 3.63) is 68.8 Å². The molecule has 0 radical (unpaired) electrons. The molecule has 1 aromatic carbocycles. The Bertz CT molecular complexity index is 734. The molecule has 0 amide bonds. The molecule has 2 aromatic heterocycles. The van der Waals surface area contributed by atoms with E-state index in [-0.39, 0.29) is 6.04 Å². The van der Waals surface area contributed by atoms with E-state index >= 15 is 0 Å². The van der Waals surface area contributed by atoms with Crippen LogP contribution in [0.1, 0.15) is 22.3 Å².